The Kier molecular flexibility index (Phi) is 5.16. The van der Waals surface area contributed by atoms with E-state index in [1.54, 1.807) is 24.3 Å². The fourth-order valence-electron chi connectivity index (χ4n) is 2.83. The quantitative estimate of drug-likeness (QED) is 0.173. The zero-order valence-corrected chi connectivity index (χ0v) is 16.8. The number of nitrogens with zero attached hydrogens (tertiary/aromatic N) is 1. The average molecular weight is 466 g/mol. The molecule has 4 rings (SSSR count). The van der Waals surface area contributed by atoms with Crippen molar-refractivity contribution in [3.63, 3.8) is 0 Å². The highest BCUT2D eigenvalue weighted by Gasteiger charge is 2.28. The first-order chi connectivity index (χ1) is 14.4. The molecule has 0 unspecified atom stereocenters. The van der Waals surface area contributed by atoms with Gasteiger partial charge in [0.25, 0.3) is 5.69 Å². The first kappa shape index (κ1) is 19.5. The second-order valence-corrected chi connectivity index (χ2v) is 7.26. The molecule has 0 spiro atoms. The van der Waals surface area contributed by atoms with E-state index in [4.69, 9.17) is 9.47 Å². The van der Waals surface area contributed by atoms with E-state index in [0.717, 1.165) is 4.47 Å². The summed E-state index contributed by atoms with van der Waals surface area (Å²) in [5.41, 5.74) is 1.26. The van der Waals surface area contributed by atoms with Crippen LogP contribution in [0.5, 0.6) is 11.5 Å². The third-order valence-electron chi connectivity index (χ3n) is 4.33. The van der Waals surface area contributed by atoms with Crippen LogP contribution in [0.25, 0.3) is 6.08 Å². The first-order valence-corrected chi connectivity index (χ1v) is 9.50. The Balaban J connectivity index is 1.52. The van der Waals surface area contributed by atoms with Crippen molar-refractivity contribution in [1.82, 2.24) is 0 Å². The van der Waals surface area contributed by atoms with Crippen molar-refractivity contribution >= 4 is 39.4 Å². The molecule has 7 nitrogen and oxygen atoms in total. The molecular formula is C22H12BrNO6. The van der Waals surface area contributed by atoms with Gasteiger partial charge in [0, 0.05) is 22.7 Å². The molecule has 0 saturated carbocycles. The van der Waals surface area contributed by atoms with Crippen LogP contribution >= 0.6 is 15.9 Å². The highest BCUT2D eigenvalue weighted by atomic mass is 79.9. The topological polar surface area (TPSA) is 95.7 Å². The van der Waals surface area contributed by atoms with E-state index in [2.05, 4.69) is 15.9 Å². The van der Waals surface area contributed by atoms with Gasteiger partial charge >= 0.3 is 5.97 Å². The SMILES string of the molecule is O=C(Oc1ccc2c(c1)OC(=Cc1ccc([N+](=O)[O-])cc1)C2=O)c1ccc(Br)cc1. The summed E-state index contributed by atoms with van der Waals surface area (Å²) >= 11 is 3.30. The number of ether oxygens (including phenoxy) is 2. The zero-order valence-electron chi connectivity index (χ0n) is 15.2. The number of Topliss-reactive ketones (excluding diaryl/α,β-unsaturated/α-hetero) is 1. The minimum absolute atomic E-state index is 0.0451. The Morgan fingerprint density at radius 1 is 1.03 bits per heavy atom. The lowest BCUT2D eigenvalue weighted by Gasteiger charge is -2.06. The molecule has 1 aliphatic rings. The Hall–Kier alpha value is -3.78. The average Bonchev–Trinajstić information content (AvgIpc) is 3.03. The third-order valence-corrected chi connectivity index (χ3v) is 4.86. The van der Waals surface area contributed by atoms with Crippen LogP contribution in [0.3, 0.4) is 0 Å². The van der Waals surface area contributed by atoms with Gasteiger partial charge in [-0.1, -0.05) is 15.9 Å². The van der Waals surface area contributed by atoms with Crippen LogP contribution in [0.4, 0.5) is 5.69 Å². The number of hydrogen-bond donors (Lipinski definition) is 0. The van der Waals surface area contributed by atoms with Gasteiger partial charge in [-0.3, -0.25) is 14.9 Å². The molecule has 0 bridgehead atoms. The van der Waals surface area contributed by atoms with Gasteiger partial charge < -0.3 is 9.47 Å². The number of nitro benzene ring substituents is 1. The molecule has 3 aromatic carbocycles. The monoisotopic (exact) mass is 465 g/mol. The van der Waals surface area contributed by atoms with Crippen LogP contribution in [0, 0.1) is 10.1 Å². The Bertz CT molecular complexity index is 1200. The van der Waals surface area contributed by atoms with E-state index in [0.29, 0.717) is 16.7 Å². The Labute approximate surface area is 178 Å². The predicted octanol–water partition coefficient (Wildman–Crippen LogP) is 5.19. The number of benzene rings is 3. The minimum Gasteiger partial charge on any atom is -0.452 e. The standard InChI is InChI=1S/C22H12BrNO6/c23-15-5-3-14(4-6-15)22(26)29-17-9-10-18-19(12-17)30-20(21(18)25)11-13-1-7-16(8-2-13)24(27)28/h1-12H. The maximum Gasteiger partial charge on any atom is 0.343 e. The molecule has 8 heteroatoms. The van der Waals surface area contributed by atoms with Gasteiger partial charge in [0.15, 0.2) is 5.76 Å². The van der Waals surface area contributed by atoms with Crippen molar-refractivity contribution in [2.45, 2.75) is 0 Å². The summed E-state index contributed by atoms with van der Waals surface area (Å²) in [6.45, 7) is 0. The highest BCUT2D eigenvalue weighted by Crippen LogP contribution is 2.35. The summed E-state index contributed by atoms with van der Waals surface area (Å²) in [6.07, 6.45) is 1.50. The van der Waals surface area contributed by atoms with Gasteiger partial charge in [0.1, 0.15) is 11.5 Å². The molecular weight excluding hydrogens is 454 g/mol. The largest absolute Gasteiger partial charge is 0.452 e. The number of carbonyl (C=O) groups is 2. The number of esters is 1. The van der Waals surface area contributed by atoms with E-state index in [1.165, 1.54) is 48.5 Å². The predicted molar refractivity (Wildman–Crippen MR) is 112 cm³/mol. The molecule has 3 aromatic rings. The highest BCUT2D eigenvalue weighted by molar-refractivity contribution is 9.10. The summed E-state index contributed by atoms with van der Waals surface area (Å²) in [5, 5.41) is 10.7. The third kappa shape index (κ3) is 3.99. The summed E-state index contributed by atoms with van der Waals surface area (Å²) in [4.78, 5) is 35.1. The van der Waals surface area contributed by atoms with Crippen molar-refractivity contribution in [2.24, 2.45) is 0 Å². The van der Waals surface area contributed by atoms with Crippen LogP contribution in [-0.2, 0) is 0 Å². The maximum atomic E-state index is 12.5. The van der Waals surface area contributed by atoms with E-state index in [-0.39, 0.29) is 28.7 Å². The van der Waals surface area contributed by atoms with Crippen molar-refractivity contribution in [2.75, 3.05) is 0 Å². The normalized spacial score (nSPS) is 13.6. The summed E-state index contributed by atoms with van der Waals surface area (Å²) < 4.78 is 11.8. The molecule has 1 heterocycles. The van der Waals surface area contributed by atoms with Crippen LogP contribution in [0.15, 0.2) is 77.0 Å². The molecule has 148 valence electrons. The molecule has 1 aliphatic heterocycles. The van der Waals surface area contributed by atoms with Gasteiger partial charge in [-0.2, -0.15) is 0 Å². The van der Waals surface area contributed by atoms with Gasteiger partial charge in [-0.05, 0) is 60.2 Å². The molecule has 0 aliphatic carbocycles. The summed E-state index contributed by atoms with van der Waals surface area (Å²) in [5.74, 6) is -0.266. The number of ketones is 1. The van der Waals surface area contributed by atoms with E-state index in [1.807, 2.05) is 0 Å². The number of non-ortho nitro benzene ring substituents is 1. The fraction of sp³-hybridized carbons (Fsp3) is 0. The number of rotatable bonds is 4. The molecule has 0 saturated heterocycles. The molecule has 0 fully saturated rings. The Morgan fingerprint density at radius 3 is 2.40 bits per heavy atom. The van der Waals surface area contributed by atoms with Crippen molar-refractivity contribution in [3.05, 3.63) is 104 Å². The van der Waals surface area contributed by atoms with Crippen LogP contribution in [-0.4, -0.2) is 16.7 Å². The number of fused-ring (bicyclic) bond motifs is 1. The van der Waals surface area contributed by atoms with Crippen molar-refractivity contribution in [3.8, 4) is 11.5 Å². The molecule has 0 atom stereocenters. The van der Waals surface area contributed by atoms with Gasteiger partial charge in [0.05, 0.1) is 16.1 Å². The maximum absolute atomic E-state index is 12.5. The number of carbonyl (C=O) groups excluding carboxylic acids is 2. The Morgan fingerprint density at radius 2 is 1.73 bits per heavy atom. The summed E-state index contributed by atoms with van der Waals surface area (Å²) in [6, 6.07) is 17.0. The smallest absolute Gasteiger partial charge is 0.343 e. The molecule has 30 heavy (non-hydrogen) atoms. The fourth-order valence-corrected chi connectivity index (χ4v) is 3.09. The van der Waals surface area contributed by atoms with Crippen LogP contribution in [0.1, 0.15) is 26.3 Å². The second-order valence-electron chi connectivity index (χ2n) is 6.34. The lowest BCUT2D eigenvalue weighted by Crippen LogP contribution is -2.08. The molecule has 0 radical (unpaired) electrons. The lowest BCUT2D eigenvalue weighted by atomic mass is 10.1. The lowest BCUT2D eigenvalue weighted by molar-refractivity contribution is -0.384. The molecule has 0 aromatic heterocycles. The van der Waals surface area contributed by atoms with E-state index in [9.17, 15) is 19.7 Å². The number of nitro groups is 1. The second kappa shape index (κ2) is 7.92. The molecule has 0 amide bonds. The van der Waals surface area contributed by atoms with Crippen molar-refractivity contribution in [1.29, 1.82) is 0 Å². The van der Waals surface area contributed by atoms with Gasteiger partial charge in [-0.25, -0.2) is 4.79 Å². The number of allylic oxidation sites excluding steroid dienone is 1. The zero-order chi connectivity index (χ0) is 21.3. The first-order valence-electron chi connectivity index (χ1n) is 8.71. The number of halogens is 1. The number of hydrogen-bond acceptors (Lipinski definition) is 6. The summed E-state index contributed by atoms with van der Waals surface area (Å²) in [7, 11) is 0. The minimum atomic E-state index is -0.534. The van der Waals surface area contributed by atoms with Crippen molar-refractivity contribution < 1.29 is 24.0 Å². The van der Waals surface area contributed by atoms with Crippen LogP contribution in [0.2, 0.25) is 0 Å². The molecule has 0 N–H and O–H groups in total. The van der Waals surface area contributed by atoms with Gasteiger partial charge in [-0.15, -0.1) is 0 Å². The van der Waals surface area contributed by atoms with Gasteiger partial charge in [0.2, 0.25) is 5.78 Å². The van der Waals surface area contributed by atoms with E-state index < -0.39 is 10.9 Å². The van der Waals surface area contributed by atoms with Crippen LogP contribution < -0.4 is 9.47 Å². The van der Waals surface area contributed by atoms with E-state index >= 15 is 0 Å².